The van der Waals surface area contributed by atoms with Gasteiger partial charge in [-0.1, -0.05) is 27.2 Å². The summed E-state index contributed by atoms with van der Waals surface area (Å²) in [5.41, 5.74) is 6.80. The summed E-state index contributed by atoms with van der Waals surface area (Å²) >= 11 is 0. The highest BCUT2D eigenvalue weighted by Gasteiger charge is 2.45. The molecular formula is C13H25N. The van der Waals surface area contributed by atoms with Crippen LogP contribution in [0.15, 0.2) is 0 Å². The fourth-order valence-electron chi connectivity index (χ4n) is 3.55. The van der Waals surface area contributed by atoms with E-state index in [-0.39, 0.29) is 0 Å². The third-order valence-corrected chi connectivity index (χ3v) is 5.07. The lowest BCUT2D eigenvalue weighted by atomic mass is 9.71. The van der Waals surface area contributed by atoms with Crippen LogP contribution in [-0.2, 0) is 0 Å². The molecule has 0 heterocycles. The quantitative estimate of drug-likeness (QED) is 0.735. The molecular weight excluding hydrogens is 170 g/mol. The van der Waals surface area contributed by atoms with Gasteiger partial charge in [0, 0.05) is 6.04 Å². The standard InChI is InChI=1S/C13H25N/c1-4-13(2,3)12(14)11-8-9-5-6-10(11)7-9/h9-12H,4-8,14H2,1-3H3. The van der Waals surface area contributed by atoms with Crippen molar-refractivity contribution >= 4 is 0 Å². The summed E-state index contributed by atoms with van der Waals surface area (Å²) in [6, 6.07) is 0.433. The van der Waals surface area contributed by atoms with Crippen molar-refractivity contribution < 1.29 is 0 Å². The zero-order valence-corrected chi connectivity index (χ0v) is 9.92. The average molecular weight is 195 g/mol. The SMILES string of the molecule is CCC(C)(C)C(N)C1CC2CCC1C2. The van der Waals surface area contributed by atoms with Crippen LogP contribution >= 0.6 is 0 Å². The molecule has 82 valence electrons. The largest absolute Gasteiger partial charge is 0.327 e. The van der Waals surface area contributed by atoms with Gasteiger partial charge in [0.25, 0.3) is 0 Å². The van der Waals surface area contributed by atoms with Gasteiger partial charge in [0.15, 0.2) is 0 Å². The highest BCUT2D eigenvalue weighted by atomic mass is 14.7. The Morgan fingerprint density at radius 1 is 1.29 bits per heavy atom. The molecule has 2 N–H and O–H groups in total. The number of hydrogen-bond donors (Lipinski definition) is 1. The molecule has 0 aromatic heterocycles. The first-order valence-electron chi connectivity index (χ1n) is 6.30. The summed E-state index contributed by atoms with van der Waals surface area (Å²) < 4.78 is 0. The lowest BCUT2D eigenvalue weighted by molar-refractivity contribution is 0.159. The number of nitrogens with two attached hydrogens (primary N) is 1. The van der Waals surface area contributed by atoms with E-state index in [9.17, 15) is 0 Å². The fourth-order valence-corrected chi connectivity index (χ4v) is 3.55. The van der Waals surface area contributed by atoms with Gasteiger partial charge in [0.2, 0.25) is 0 Å². The molecule has 4 unspecified atom stereocenters. The Balaban J connectivity index is 2.02. The molecule has 1 nitrogen and oxygen atoms in total. The van der Waals surface area contributed by atoms with Crippen molar-refractivity contribution in [1.82, 2.24) is 0 Å². The average Bonchev–Trinajstić information content (AvgIpc) is 2.77. The number of hydrogen-bond acceptors (Lipinski definition) is 1. The van der Waals surface area contributed by atoms with Gasteiger partial charge in [-0.15, -0.1) is 0 Å². The molecule has 2 bridgehead atoms. The molecule has 0 aliphatic heterocycles. The first-order chi connectivity index (χ1) is 6.54. The Morgan fingerprint density at radius 3 is 2.43 bits per heavy atom. The van der Waals surface area contributed by atoms with Crippen LogP contribution in [0.4, 0.5) is 0 Å². The molecule has 0 radical (unpaired) electrons. The molecule has 0 aromatic rings. The number of rotatable bonds is 3. The van der Waals surface area contributed by atoms with Gasteiger partial charge in [-0.05, 0) is 48.9 Å². The van der Waals surface area contributed by atoms with Gasteiger partial charge >= 0.3 is 0 Å². The van der Waals surface area contributed by atoms with Gasteiger partial charge in [0.05, 0.1) is 0 Å². The molecule has 0 aromatic carbocycles. The summed E-state index contributed by atoms with van der Waals surface area (Å²) in [5, 5.41) is 0. The molecule has 2 aliphatic carbocycles. The second-order valence-corrected chi connectivity index (χ2v) is 6.21. The van der Waals surface area contributed by atoms with Gasteiger partial charge < -0.3 is 5.73 Å². The van der Waals surface area contributed by atoms with E-state index < -0.39 is 0 Å². The van der Waals surface area contributed by atoms with Crippen molar-refractivity contribution in [3.05, 3.63) is 0 Å². The van der Waals surface area contributed by atoms with E-state index in [2.05, 4.69) is 20.8 Å². The lowest BCUT2D eigenvalue weighted by Gasteiger charge is -2.38. The third kappa shape index (κ3) is 1.60. The molecule has 14 heavy (non-hydrogen) atoms. The van der Waals surface area contributed by atoms with Gasteiger partial charge in [0.1, 0.15) is 0 Å². The van der Waals surface area contributed by atoms with Gasteiger partial charge in [-0.2, -0.15) is 0 Å². The minimum Gasteiger partial charge on any atom is -0.327 e. The van der Waals surface area contributed by atoms with Crippen LogP contribution in [0.2, 0.25) is 0 Å². The van der Waals surface area contributed by atoms with Crippen LogP contribution in [-0.4, -0.2) is 6.04 Å². The highest BCUT2D eigenvalue weighted by molar-refractivity contribution is 4.98. The summed E-state index contributed by atoms with van der Waals surface area (Å²) in [6.45, 7) is 6.94. The smallest absolute Gasteiger partial charge is 0.0121 e. The van der Waals surface area contributed by atoms with E-state index in [1.165, 1.54) is 32.1 Å². The van der Waals surface area contributed by atoms with Crippen LogP contribution in [0.5, 0.6) is 0 Å². The predicted octanol–water partition coefficient (Wildman–Crippen LogP) is 3.19. The van der Waals surface area contributed by atoms with Crippen LogP contribution in [0.3, 0.4) is 0 Å². The van der Waals surface area contributed by atoms with Gasteiger partial charge in [-0.3, -0.25) is 0 Å². The topological polar surface area (TPSA) is 26.0 Å². The van der Waals surface area contributed by atoms with E-state index in [1.54, 1.807) is 0 Å². The monoisotopic (exact) mass is 195 g/mol. The molecule has 4 atom stereocenters. The van der Waals surface area contributed by atoms with Crippen molar-refractivity contribution in [2.24, 2.45) is 28.9 Å². The van der Waals surface area contributed by atoms with Crippen molar-refractivity contribution in [2.45, 2.75) is 58.9 Å². The maximum Gasteiger partial charge on any atom is 0.0121 e. The van der Waals surface area contributed by atoms with E-state index in [0.29, 0.717) is 11.5 Å². The normalized spacial score (nSPS) is 39.0. The van der Waals surface area contributed by atoms with Crippen molar-refractivity contribution in [2.75, 3.05) is 0 Å². The molecule has 0 saturated heterocycles. The van der Waals surface area contributed by atoms with E-state index in [4.69, 9.17) is 5.73 Å². The number of fused-ring (bicyclic) bond motifs is 2. The fraction of sp³-hybridized carbons (Fsp3) is 1.00. The Bertz CT molecular complexity index is 209. The second-order valence-electron chi connectivity index (χ2n) is 6.21. The third-order valence-electron chi connectivity index (χ3n) is 5.07. The van der Waals surface area contributed by atoms with Crippen LogP contribution < -0.4 is 5.73 Å². The first kappa shape index (κ1) is 10.5. The first-order valence-corrected chi connectivity index (χ1v) is 6.30. The van der Waals surface area contributed by atoms with Gasteiger partial charge in [-0.25, -0.2) is 0 Å². The molecule has 1 heteroatoms. The van der Waals surface area contributed by atoms with Crippen molar-refractivity contribution in [1.29, 1.82) is 0 Å². The van der Waals surface area contributed by atoms with E-state index in [0.717, 1.165) is 17.8 Å². The zero-order valence-electron chi connectivity index (χ0n) is 9.92. The molecule has 0 amide bonds. The Labute approximate surface area is 88.4 Å². The molecule has 2 fully saturated rings. The lowest BCUT2D eigenvalue weighted by Crippen LogP contribution is -2.45. The van der Waals surface area contributed by atoms with Crippen molar-refractivity contribution in [3.8, 4) is 0 Å². The Kier molecular flexibility index (Phi) is 2.63. The Morgan fingerprint density at radius 2 is 2.00 bits per heavy atom. The maximum atomic E-state index is 6.45. The highest BCUT2D eigenvalue weighted by Crippen LogP contribution is 2.51. The molecule has 2 rings (SSSR count). The van der Waals surface area contributed by atoms with E-state index in [1.807, 2.05) is 0 Å². The van der Waals surface area contributed by atoms with Crippen LogP contribution in [0.25, 0.3) is 0 Å². The summed E-state index contributed by atoms with van der Waals surface area (Å²) in [7, 11) is 0. The van der Waals surface area contributed by atoms with Crippen molar-refractivity contribution in [3.63, 3.8) is 0 Å². The predicted molar refractivity (Wildman–Crippen MR) is 61.0 cm³/mol. The van der Waals surface area contributed by atoms with E-state index >= 15 is 0 Å². The minimum absolute atomic E-state index is 0.342. The Hall–Kier alpha value is -0.0400. The zero-order chi connectivity index (χ0) is 10.3. The molecule has 0 spiro atoms. The second kappa shape index (κ2) is 3.52. The molecule has 2 saturated carbocycles. The minimum atomic E-state index is 0.342. The summed E-state index contributed by atoms with van der Waals surface area (Å²) in [5.74, 6) is 2.84. The summed E-state index contributed by atoms with van der Waals surface area (Å²) in [4.78, 5) is 0. The van der Waals surface area contributed by atoms with Crippen LogP contribution in [0, 0.1) is 23.2 Å². The molecule has 2 aliphatic rings. The summed E-state index contributed by atoms with van der Waals surface area (Å²) in [6.07, 6.45) is 7.07. The van der Waals surface area contributed by atoms with Crippen LogP contribution in [0.1, 0.15) is 52.9 Å². The maximum absolute atomic E-state index is 6.45.